The summed E-state index contributed by atoms with van der Waals surface area (Å²) in [7, 11) is -2.19. The lowest BCUT2D eigenvalue weighted by atomic mass is 9.93. The molecule has 0 aliphatic rings. The molecule has 9 heteroatoms. The number of carbonyl (C=O) groups excluding carboxylic acids is 1. The van der Waals surface area contributed by atoms with E-state index in [-0.39, 0.29) is 11.4 Å². The van der Waals surface area contributed by atoms with Crippen LogP contribution in [0.15, 0.2) is 71.6 Å². The van der Waals surface area contributed by atoms with Crippen LogP contribution in [0.1, 0.15) is 33.5 Å². The molecule has 3 rings (SSSR count). The molecule has 3 aromatic carbocycles. The Balaban J connectivity index is 1.97. The van der Waals surface area contributed by atoms with Gasteiger partial charge in [0, 0.05) is 19.2 Å². The van der Waals surface area contributed by atoms with Gasteiger partial charge in [0.25, 0.3) is 5.91 Å². The minimum Gasteiger partial charge on any atom is -0.480 e. The number of carbonyl (C=O) groups is 2. The van der Waals surface area contributed by atoms with Gasteiger partial charge < -0.3 is 10.4 Å². The van der Waals surface area contributed by atoms with Gasteiger partial charge in [0.1, 0.15) is 6.04 Å². The molecule has 0 aliphatic carbocycles. The SMILES string of the molecule is CSCC[C@H](NC(=O)c1ccc(CN(C)S(=O)(=O)c2ccc(C)cc2)cc1-c1ccccc1C)C(=O)O. The molecule has 0 unspecified atom stereocenters. The van der Waals surface area contributed by atoms with Crippen molar-refractivity contribution in [2.24, 2.45) is 0 Å². The first kappa shape index (κ1) is 28.4. The van der Waals surface area contributed by atoms with E-state index in [9.17, 15) is 23.1 Å². The number of benzene rings is 3. The number of sulfonamides is 1. The highest BCUT2D eigenvalue weighted by Crippen LogP contribution is 2.29. The number of thioether (sulfide) groups is 1. The summed E-state index contributed by atoms with van der Waals surface area (Å²) in [6, 6.07) is 18.4. The van der Waals surface area contributed by atoms with Crippen LogP contribution in [0.25, 0.3) is 11.1 Å². The fourth-order valence-electron chi connectivity index (χ4n) is 3.95. The van der Waals surface area contributed by atoms with Gasteiger partial charge in [-0.3, -0.25) is 4.79 Å². The summed E-state index contributed by atoms with van der Waals surface area (Å²) in [4.78, 5) is 25.2. The molecule has 0 spiro atoms. The van der Waals surface area contributed by atoms with Gasteiger partial charge in [0.2, 0.25) is 10.0 Å². The monoisotopic (exact) mass is 540 g/mol. The Hall–Kier alpha value is -3.14. The molecular weight excluding hydrogens is 508 g/mol. The van der Waals surface area contributed by atoms with Crippen molar-refractivity contribution in [3.63, 3.8) is 0 Å². The molecule has 0 fully saturated rings. The lowest BCUT2D eigenvalue weighted by molar-refractivity contribution is -0.139. The first-order chi connectivity index (χ1) is 17.5. The summed E-state index contributed by atoms with van der Waals surface area (Å²) in [6.07, 6.45) is 2.19. The molecule has 0 aromatic heterocycles. The smallest absolute Gasteiger partial charge is 0.326 e. The first-order valence-electron chi connectivity index (χ1n) is 11.8. The van der Waals surface area contributed by atoms with E-state index in [2.05, 4.69) is 5.32 Å². The van der Waals surface area contributed by atoms with E-state index in [0.29, 0.717) is 28.9 Å². The summed E-state index contributed by atoms with van der Waals surface area (Å²) < 4.78 is 27.5. The van der Waals surface area contributed by atoms with Gasteiger partial charge in [-0.2, -0.15) is 16.1 Å². The number of aryl methyl sites for hydroxylation is 2. The number of nitrogens with one attached hydrogen (secondary N) is 1. The first-order valence-corrected chi connectivity index (χ1v) is 14.6. The van der Waals surface area contributed by atoms with Crippen molar-refractivity contribution in [3.8, 4) is 11.1 Å². The van der Waals surface area contributed by atoms with Gasteiger partial charge in [-0.25, -0.2) is 13.2 Å². The third-order valence-electron chi connectivity index (χ3n) is 6.11. The zero-order valence-electron chi connectivity index (χ0n) is 21.4. The minimum absolute atomic E-state index is 0.0997. The van der Waals surface area contributed by atoms with Crippen LogP contribution in [0, 0.1) is 13.8 Å². The maximum absolute atomic E-state index is 13.2. The number of amides is 1. The molecule has 0 bridgehead atoms. The Morgan fingerprint density at radius 3 is 2.30 bits per heavy atom. The maximum Gasteiger partial charge on any atom is 0.326 e. The topological polar surface area (TPSA) is 104 Å². The van der Waals surface area contributed by atoms with E-state index in [0.717, 1.165) is 16.7 Å². The van der Waals surface area contributed by atoms with Crippen LogP contribution in [-0.2, 0) is 21.4 Å². The van der Waals surface area contributed by atoms with Crippen LogP contribution in [0.2, 0.25) is 0 Å². The summed E-state index contributed by atoms with van der Waals surface area (Å²) in [6.45, 7) is 3.92. The Morgan fingerprint density at radius 1 is 1.00 bits per heavy atom. The van der Waals surface area contributed by atoms with Gasteiger partial charge in [-0.1, -0.05) is 48.0 Å². The second kappa shape index (κ2) is 12.4. The predicted molar refractivity (Wildman–Crippen MR) is 148 cm³/mol. The normalized spacial score (nSPS) is 12.4. The average Bonchev–Trinajstić information content (AvgIpc) is 2.86. The zero-order chi connectivity index (χ0) is 27.2. The lowest BCUT2D eigenvalue weighted by Gasteiger charge is -2.20. The van der Waals surface area contributed by atoms with Crippen LogP contribution in [0.4, 0.5) is 0 Å². The minimum atomic E-state index is -3.71. The number of nitrogens with zero attached hydrogens (tertiary/aromatic N) is 1. The molecule has 0 heterocycles. The quantitative estimate of drug-likeness (QED) is 0.365. The van der Waals surface area contributed by atoms with Crippen LogP contribution in [0.5, 0.6) is 0 Å². The van der Waals surface area contributed by atoms with Crippen LogP contribution in [-0.4, -0.2) is 54.8 Å². The molecule has 196 valence electrons. The molecule has 3 aromatic rings. The fourth-order valence-corrected chi connectivity index (χ4v) is 5.58. The maximum atomic E-state index is 13.2. The van der Waals surface area contributed by atoms with Crippen molar-refractivity contribution in [2.75, 3.05) is 19.1 Å². The van der Waals surface area contributed by atoms with Gasteiger partial charge in [0.05, 0.1) is 4.90 Å². The largest absolute Gasteiger partial charge is 0.480 e. The van der Waals surface area contributed by atoms with E-state index in [1.165, 1.54) is 23.1 Å². The van der Waals surface area contributed by atoms with E-state index in [4.69, 9.17) is 0 Å². The predicted octanol–water partition coefficient (Wildman–Crippen LogP) is 4.73. The third kappa shape index (κ3) is 7.00. The molecule has 1 atom stereocenters. The van der Waals surface area contributed by atoms with Gasteiger partial charge in [0.15, 0.2) is 0 Å². The van der Waals surface area contributed by atoms with Crippen molar-refractivity contribution in [1.82, 2.24) is 9.62 Å². The third-order valence-corrected chi connectivity index (χ3v) is 8.57. The zero-order valence-corrected chi connectivity index (χ0v) is 23.0. The Labute approximate surface area is 223 Å². The molecule has 0 radical (unpaired) electrons. The van der Waals surface area contributed by atoms with Crippen LogP contribution < -0.4 is 5.32 Å². The van der Waals surface area contributed by atoms with Gasteiger partial charge in [-0.05, 0) is 78.8 Å². The number of carboxylic acids is 1. The van der Waals surface area contributed by atoms with Crippen LogP contribution >= 0.6 is 11.8 Å². The number of aliphatic carboxylic acids is 1. The van der Waals surface area contributed by atoms with Crippen molar-refractivity contribution in [2.45, 2.75) is 37.8 Å². The van der Waals surface area contributed by atoms with E-state index >= 15 is 0 Å². The van der Waals surface area contributed by atoms with Crippen LogP contribution in [0.3, 0.4) is 0 Å². The second-order valence-corrected chi connectivity index (χ2v) is 11.9. The summed E-state index contributed by atoms with van der Waals surface area (Å²) in [5.74, 6) is -0.971. The number of hydrogen-bond donors (Lipinski definition) is 2. The van der Waals surface area contributed by atoms with E-state index in [1.54, 1.807) is 42.5 Å². The number of carboxylic acid groups (broad SMARTS) is 1. The van der Waals surface area contributed by atoms with E-state index < -0.39 is 27.9 Å². The van der Waals surface area contributed by atoms with Crippen molar-refractivity contribution in [3.05, 3.63) is 89.0 Å². The average molecular weight is 541 g/mol. The molecule has 2 N–H and O–H groups in total. The highest BCUT2D eigenvalue weighted by molar-refractivity contribution is 7.98. The number of hydrogen-bond acceptors (Lipinski definition) is 5. The second-order valence-electron chi connectivity index (χ2n) is 8.91. The molecule has 0 aliphatic heterocycles. The highest BCUT2D eigenvalue weighted by atomic mass is 32.2. The molecule has 1 amide bonds. The lowest BCUT2D eigenvalue weighted by Crippen LogP contribution is -2.41. The van der Waals surface area contributed by atoms with E-state index in [1.807, 2.05) is 44.4 Å². The molecule has 37 heavy (non-hydrogen) atoms. The summed E-state index contributed by atoms with van der Waals surface area (Å²) in [5, 5.41) is 12.2. The van der Waals surface area contributed by atoms with Crippen molar-refractivity contribution in [1.29, 1.82) is 0 Å². The molecular formula is C28H32N2O5S2. The Bertz CT molecular complexity index is 1370. The van der Waals surface area contributed by atoms with Crippen molar-refractivity contribution >= 4 is 33.7 Å². The molecule has 0 saturated carbocycles. The van der Waals surface area contributed by atoms with Gasteiger partial charge >= 0.3 is 5.97 Å². The molecule has 0 saturated heterocycles. The standard InChI is InChI=1S/C28H32N2O5S2/c1-19-9-12-22(13-10-19)37(34,35)30(3)18-21-11-14-24(25(17-21)23-8-6-5-7-20(23)2)27(31)29-26(28(32)33)15-16-36-4/h5-14,17,26H,15-16,18H2,1-4H3,(H,29,31)(H,32,33)/t26-/m0/s1. The van der Waals surface area contributed by atoms with Crippen molar-refractivity contribution < 1.29 is 23.1 Å². The highest BCUT2D eigenvalue weighted by Gasteiger charge is 2.24. The number of rotatable bonds is 11. The summed E-state index contributed by atoms with van der Waals surface area (Å²) >= 11 is 1.51. The Morgan fingerprint density at radius 2 is 1.68 bits per heavy atom. The summed E-state index contributed by atoms with van der Waals surface area (Å²) in [5.41, 5.74) is 4.36. The Kier molecular flexibility index (Phi) is 9.53. The molecule has 7 nitrogen and oxygen atoms in total. The van der Waals surface area contributed by atoms with Gasteiger partial charge in [-0.15, -0.1) is 0 Å². The fraction of sp³-hybridized carbons (Fsp3) is 0.286.